The molecule has 0 aliphatic rings. The van der Waals surface area contributed by atoms with Crippen molar-refractivity contribution in [2.45, 2.75) is 6.10 Å². The van der Waals surface area contributed by atoms with Crippen molar-refractivity contribution < 1.29 is 24.9 Å². The van der Waals surface area contributed by atoms with Gasteiger partial charge in [0.15, 0.2) is 0 Å². The Labute approximate surface area is 98.7 Å². The van der Waals surface area contributed by atoms with Gasteiger partial charge < -0.3 is 20.2 Å². The van der Waals surface area contributed by atoms with Crippen LogP contribution in [0.3, 0.4) is 0 Å². The zero-order valence-electron chi connectivity index (χ0n) is 9.13. The van der Waals surface area contributed by atoms with Gasteiger partial charge in [-0.15, -0.1) is 11.6 Å². The normalized spacial score (nSPS) is 12.1. The Hall–Kier alpha value is -1.11. The van der Waals surface area contributed by atoms with Crippen LogP contribution in [0.1, 0.15) is 0 Å². The van der Waals surface area contributed by atoms with Crippen molar-refractivity contribution in [3.8, 4) is 0 Å². The summed E-state index contributed by atoms with van der Waals surface area (Å²) in [7, 11) is 3.80. The second-order valence-corrected chi connectivity index (χ2v) is 3.39. The molecule has 3 N–H and O–H groups in total. The van der Waals surface area contributed by atoms with E-state index in [-0.39, 0.29) is 6.10 Å². The maximum Gasteiger partial charge on any atom is 0.328 e. The van der Waals surface area contributed by atoms with E-state index < -0.39 is 11.9 Å². The largest absolute Gasteiger partial charge is 0.478 e. The minimum Gasteiger partial charge on any atom is -0.478 e. The molecular weight excluding hydrogens is 238 g/mol. The average molecular weight is 254 g/mol. The average Bonchev–Trinajstić information content (AvgIpc) is 2.14. The molecule has 0 radical (unpaired) electrons. The first-order chi connectivity index (χ1) is 7.29. The Morgan fingerprint density at radius 1 is 1.25 bits per heavy atom. The highest BCUT2D eigenvalue weighted by Crippen LogP contribution is 1.87. The van der Waals surface area contributed by atoms with Gasteiger partial charge in [0, 0.05) is 24.6 Å². The maximum atomic E-state index is 9.55. The molecule has 0 aromatic rings. The van der Waals surface area contributed by atoms with Crippen molar-refractivity contribution in [3.63, 3.8) is 0 Å². The molecule has 0 spiro atoms. The van der Waals surface area contributed by atoms with Crippen molar-refractivity contribution in [1.29, 1.82) is 0 Å². The van der Waals surface area contributed by atoms with Crippen LogP contribution in [0, 0.1) is 0 Å². The third kappa shape index (κ3) is 18.6. The number of likely N-dealkylation sites (N-methyl/N-ethyl adjacent to an activating group) is 1. The van der Waals surface area contributed by atoms with Gasteiger partial charge in [-0.1, -0.05) is 0 Å². The number of carboxylic acid groups (broad SMARTS) is 2. The predicted octanol–water partition coefficient (Wildman–Crippen LogP) is -0.141. The highest BCUT2D eigenvalue weighted by Gasteiger charge is 2.00. The van der Waals surface area contributed by atoms with E-state index in [0.717, 1.165) is 0 Å². The third-order valence-corrected chi connectivity index (χ3v) is 1.48. The summed E-state index contributed by atoms with van der Waals surface area (Å²) in [6, 6.07) is 0. The fourth-order valence-corrected chi connectivity index (χ4v) is 0.710. The van der Waals surface area contributed by atoms with E-state index in [1.807, 2.05) is 19.0 Å². The number of aliphatic carboxylic acids is 2. The molecule has 16 heavy (non-hydrogen) atoms. The Morgan fingerprint density at radius 2 is 1.62 bits per heavy atom. The summed E-state index contributed by atoms with van der Waals surface area (Å²) in [6.45, 7) is 0.642. The fraction of sp³-hybridized carbons (Fsp3) is 0.556. The Morgan fingerprint density at radius 3 is 1.75 bits per heavy atom. The monoisotopic (exact) mass is 253 g/mol. The fourth-order valence-electron chi connectivity index (χ4n) is 0.613. The van der Waals surface area contributed by atoms with Crippen LogP contribution in [0.25, 0.3) is 0 Å². The van der Waals surface area contributed by atoms with Gasteiger partial charge in [-0.05, 0) is 14.1 Å². The lowest BCUT2D eigenvalue weighted by atomic mass is 10.4. The number of carboxylic acids is 2. The second kappa shape index (κ2) is 10.4. The van der Waals surface area contributed by atoms with Crippen LogP contribution in [0.2, 0.25) is 0 Å². The first-order valence-electron chi connectivity index (χ1n) is 4.32. The standard InChI is InChI=1S/C5H12ClNO.C4H4O4/c1-7(2)4-5(8)3-6;5-3(6)1-2-4(7)8/h5,8H,3-4H2,1-2H3;1-2H,(H,5,6)(H,7,8). The molecule has 0 aromatic heterocycles. The van der Waals surface area contributed by atoms with Crippen LogP contribution in [0.15, 0.2) is 12.2 Å². The molecule has 0 aliphatic heterocycles. The first kappa shape index (κ1) is 17.3. The van der Waals surface area contributed by atoms with Crippen LogP contribution in [-0.4, -0.2) is 64.8 Å². The predicted molar refractivity (Wildman–Crippen MR) is 59.7 cm³/mol. The van der Waals surface area contributed by atoms with Crippen LogP contribution < -0.4 is 0 Å². The van der Waals surface area contributed by atoms with Crippen LogP contribution in [0.4, 0.5) is 0 Å². The number of hydrogen-bond acceptors (Lipinski definition) is 4. The molecule has 0 bridgehead atoms. The molecule has 0 fully saturated rings. The Kier molecular flexibility index (Phi) is 11.2. The zero-order chi connectivity index (χ0) is 13.1. The van der Waals surface area contributed by atoms with Gasteiger partial charge in [-0.3, -0.25) is 0 Å². The smallest absolute Gasteiger partial charge is 0.328 e. The molecular formula is C9H16ClNO5. The van der Waals surface area contributed by atoms with Gasteiger partial charge in [0.25, 0.3) is 0 Å². The Balaban J connectivity index is 0. The van der Waals surface area contributed by atoms with E-state index >= 15 is 0 Å². The zero-order valence-corrected chi connectivity index (χ0v) is 9.89. The number of rotatable bonds is 5. The highest BCUT2D eigenvalue weighted by atomic mass is 35.5. The molecule has 0 aliphatic carbocycles. The molecule has 1 unspecified atom stereocenters. The first-order valence-corrected chi connectivity index (χ1v) is 4.85. The van der Waals surface area contributed by atoms with Gasteiger partial charge >= 0.3 is 11.9 Å². The lowest BCUT2D eigenvalue weighted by Gasteiger charge is -2.12. The molecule has 94 valence electrons. The summed E-state index contributed by atoms with van der Waals surface area (Å²) in [5.41, 5.74) is 0. The highest BCUT2D eigenvalue weighted by molar-refractivity contribution is 6.18. The molecule has 7 heteroatoms. The molecule has 0 rings (SSSR count). The maximum absolute atomic E-state index is 9.55. The SMILES string of the molecule is CN(C)CC(O)CCl.O=C(O)C=CC(=O)O. The van der Waals surface area contributed by atoms with Crippen LogP contribution in [-0.2, 0) is 9.59 Å². The lowest BCUT2D eigenvalue weighted by Crippen LogP contribution is -2.26. The summed E-state index contributed by atoms with van der Waals surface area (Å²) in [6.07, 6.45) is 0.733. The van der Waals surface area contributed by atoms with Crippen molar-refractivity contribution in [2.24, 2.45) is 0 Å². The van der Waals surface area contributed by atoms with E-state index in [1.54, 1.807) is 0 Å². The van der Waals surface area contributed by atoms with E-state index in [0.29, 0.717) is 24.6 Å². The lowest BCUT2D eigenvalue weighted by molar-refractivity contribution is -0.134. The van der Waals surface area contributed by atoms with Crippen molar-refractivity contribution >= 4 is 23.5 Å². The van der Waals surface area contributed by atoms with Gasteiger partial charge in [0.1, 0.15) is 0 Å². The molecule has 1 atom stereocenters. The topological polar surface area (TPSA) is 98.1 Å². The molecule has 0 heterocycles. The van der Waals surface area contributed by atoms with Gasteiger partial charge in [-0.25, -0.2) is 9.59 Å². The van der Waals surface area contributed by atoms with E-state index in [4.69, 9.17) is 26.9 Å². The van der Waals surface area contributed by atoms with Crippen molar-refractivity contribution in [1.82, 2.24) is 4.90 Å². The van der Waals surface area contributed by atoms with Crippen LogP contribution in [0.5, 0.6) is 0 Å². The summed E-state index contributed by atoms with van der Waals surface area (Å²) in [5.74, 6) is -2.20. The number of nitrogens with zero attached hydrogens (tertiary/aromatic N) is 1. The molecule has 0 amide bonds. The number of aliphatic hydroxyl groups excluding tert-OH is 1. The number of hydrogen-bond donors (Lipinski definition) is 3. The minimum atomic E-state index is -1.26. The van der Waals surface area contributed by atoms with Crippen LogP contribution >= 0.6 is 11.6 Å². The van der Waals surface area contributed by atoms with E-state index in [2.05, 4.69) is 0 Å². The molecule has 0 saturated heterocycles. The quantitative estimate of drug-likeness (QED) is 0.466. The van der Waals surface area contributed by atoms with Gasteiger partial charge in [0.05, 0.1) is 6.10 Å². The molecule has 0 saturated carbocycles. The van der Waals surface area contributed by atoms with Crippen molar-refractivity contribution in [3.05, 3.63) is 12.2 Å². The second-order valence-electron chi connectivity index (χ2n) is 3.08. The number of alkyl halides is 1. The van der Waals surface area contributed by atoms with Crippen molar-refractivity contribution in [2.75, 3.05) is 26.5 Å². The summed E-state index contributed by atoms with van der Waals surface area (Å²) >= 11 is 5.32. The van der Waals surface area contributed by atoms with Gasteiger partial charge in [0.2, 0.25) is 0 Å². The molecule has 0 aromatic carbocycles. The van der Waals surface area contributed by atoms with E-state index in [1.165, 1.54) is 0 Å². The summed E-state index contributed by atoms with van der Waals surface area (Å²) < 4.78 is 0. The number of carbonyl (C=O) groups is 2. The number of aliphatic hydroxyl groups is 1. The molecule has 6 nitrogen and oxygen atoms in total. The summed E-state index contributed by atoms with van der Waals surface area (Å²) in [4.78, 5) is 21.0. The minimum absolute atomic E-state index is 0.318. The van der Waals surface area contributed by atoms with E-state index in [9.17, 15) is 9.59 Å². The van der Waals surface area contributed by atoms with Gasteiger partial charge in [-0.2, -0.15) is 0 Å². The Bertz CT molecular complexity index is 226. The number of halogens is 1. The summed E-state index contributed by atoms with van der Waals surface area (Å²) in [5, 5.41) is 24.5. The third-order valence-electron chi connectivity index (χ3n) is 1.12.